The second kappa shape index (κ2) is 6.98. The summed E-state index contributed by atoms with van der Waals surface area (Å²) in [5.74, 6) is 0.748. The summed E-state index contributed by atoms with van der Waals surface area (Å²) in [4.78, 5) is 24.1. The molecule has 0 radical (unpaired) electrons. The summed E-state index contributed by atoms with van der Waals surface area (Å²) in [6.07, 6.45) is 11.8. The number of aryl methyl sites for hydroxylation is 1. The van der Waals surface area contributed by atoms with E-state index in [9.17, 15) is 4.79 Å². The van der Waals surface area contributed by atoms with Crippen molar-refractivity contribution in [2.45, 2.75) is 31.7 Å². The maximum atomic E-state index is 12.7. The van der Waals surface area contributed by atoms with Gasteiger partial charge in [-0.05, 0) is 50.9 Å². The van der Waals surface area contributed by atoms with Crippen LogP contribution in [0.25, 0.3) is 22.0 Å². The van der Waals surface area contributed by atoms with Gasteiger partial charge in [-0.3, -0.25) is 14.5 Å². The van der Waals surface area contributed by atoms with Gasteiger partial charge in [-0.2, -0.15) is 5.10 Å². The Balaban J connectivity index is 1.30. The molecule has 1 amide bonds. The van der Waals surface area contributed by atoms with E-state index in [4.69, 9.17) is 0 Å². The highest BCUT2D eigenvalue weighted by molar-refractivity contribution is 5.94. The minimum atomic E-state index is 0.0762. The number of nitrogens with zero attached hydrogens (tertiary/aromatic N) is 5. The highest BCUT2D eigenvalue weighted by Crippen LogP contribution is 2.31. The number of hydrogen-bond donors (Lipinski definition) is 1. The van der Waals surface area contributed by atoms with Gasteiger partial charge in [0, 0.05) is 47.9 Å². The van der Waals surface area contributed by atoms with Crippen LogP contribution in [0.15, 0.2) is 36.9 Å². The number of rotatable bonds is 4. The maximum absolute atomic E-state index is 12.7. The fraction of sp³-hybridized carbons (Fsp3) is 0.429. The predicted molar refractivity (Wildman–Crippen MR) is 108 cm³/mol. The second-order valence-electron chi connectivity index (χ2n) is 7.92. The summed E-state index contributed by atoms with van der Waals surface area (Å²) in [6.45, 7) is 2.07. The molecule has 3 aromatic rings. The second-order valence-corrected chi connectivity index (χ2v) is 7.92. The Bertz CT molecular complexity index is 1020. The first kappa shape index (κ1) is 17.3. The molecule has 0 atom stereocenters. The molecule has 1 aliphatic heterocycles. The van der Waals surface area contributed by atoms with Gasteiger partial charge in [-0.25, -0.2) is 4.98 Å². The number of anilines is 1. The van der Waals surface area contributed by atoms with Crippen molar-refractivity contribution in [2.75, 3.05) is 18.4 Å². The quantitative estimate of drug-likeness (QED) is 0.758. The Kier molecular flexibility index (Phi) is 4.31. The number of amides is 1. The molecule has 0 unspecified atom stereocenters. The number of aromatic nitrogens is 4. The van der Waals surface area contributed by atoms with Gasteiger partial charge >= 0.3 is 0 Å². The molecule has 3 aromatic heterocycles. The molecule has 7 heteroatoms. The molecule has 2 fully saturated rings. The molecule has 7 nitrogen and oxygen atoms in total. The molecular weight excluding hydrogens is 352 g/mol. The summed E-state index contributed by atoms with van der Waals surface area (Å²) < 4.78 is 1.77. The average Bonchev–Trinajstić information content (AvgIpc) is 3.48. The first-order valence-electron chi connectivity index (χ1n) is 9.95. The number of hydrogen-bond acceptors (Lipinski definition) is 5. The summed E-state index contributed by atoms with van der Waals surface area (Å²) in [5, 5.41) is 8.19. The topological polar surface area (TPSA) is 75.9 Å². The molecule has 0 bridgehead atoms. The van der Waals surface area contributed by atoms with Crippen molar-refractivity contribution in [3.63, 3.8) is 0 Å². The summed E-state index contributed by atoms with van der Waals surface area (Å²) >= 11 is 0. The third-order valence-corrected chi connectivity index (χ3v) is 5.82. The zero-order valence-corrected chi connectivity index (χ0v) is 16.0. The van der Waals surface area contributed by atoms with Gasteiger partial charge in [0.05, 0.1) is 17.9 Å². The van der Waals surface area contributed by atoms with Gasteiger partial charge in [0.15, 0.2) is 0 Å². The van der Waals surface area contributed by atoms with E-state index in [2.05, 4.69) is 31.3 Å². The molecule has 1 saturated heterocycles. The van der Waals surface area contributed by atoms with Crippen LogP contribution in [0.1, 0.15) is 25.7 Å². The Morgan fingerprint density at radius 2 is 1.86 bits per heavy atom. The van der Waals surface area contributed by atoms with Crippen molar-refractivity contribution in [2.24, 2.45) is 13.0 Å². The number of piperidine rings is 1. The van der Waals surface area contributed by atoms with Gasteiger partial charge in [-0.1, -0.05) is 0 Å². The van der Waals surface area contributed by atoms with Crippen LogP contribution in [0.5, 0.6) is 0 Å². The summed E-state index contributed by atoms with van der Waals surface area (Å²) in [5.41, 5.74) is 2.82. The Morgan fingerprint density at radius 3 is 2.57 bits per heavy atom. The van der Waals surface area contributed by atoms with E-state index in [1.165, 1.54) is 12.8 Å². The lowest BCUT2D eigenvalue weighted by Gasteiger charge is -2.31. The molecular formula is C21H24N6O. The number of carbonyl (C=O) groups excluding carboxylic acids is 1. The van der Waals surface area contributed by atoms with Crippen LogP contribution in [0.2, 0.25) is 0 Å². The minimum Gasteiger partial charge on any atom is -0.310 e. The minimum absolute atomic E-state index is 0.0762. The Morgan fingerprint density at radius 1 is 1.04 bits per heavy atom. The highest BCUT2D eigenvalue weighted by atomic mass is 16.1. The largest absolute Gasteiger partial charge is 0.310 e. The fourth-order valence-corrected chi connectivity index (χ4v) is 4.02. The molecule has 0 spiro atoms. The summed E-state index contributed by atoms with van der Waals surface area (Å²) in [7, 11) is 1.89. The maximum Gasteiger partial charge on any atom is 0.228 e. The average molecular weight is 376 g/mol. The molecule has 1 saturated carbocycles. The van der Waals surface area contributed by atoms with E-state index in [0.29, 0.717) is 5.82 Å². The number of nitrogens with one attached hydrogen (secondary N) is 1. The third kappa shape index (κ3) is 3.49. The first-order chi connectivity index (χ1) is 13.7. The van der Waals surface area contributed by atoms with E-state index in [1.807, 2.05) is 31.7 Å². The fourth-order valence-electron chi connectivity index (χ4n) is 4.02. The molecule has 4 heterocycles. The molecule has 0 aromatic carbocycles. The predicted octanol–water partition coefficient (Wildman–Crippen LogP) is 2.84. The van der Waals surface area contributed by atoms with E-state index in [1.54, 1.807) is 10.9 Å². The lowest BCUT2D eigenvalue weighted by atomic mass is 9.96. The van der Waals surface area contributed by atoms with Crippen LogP contribution in [-0.4, -0.2) is 49.7 Å². The van der Waals surface area contributed by atoms with Gasteiger partial charge in [0.1, 0.15) is 5.82 Å². The number of likely N-dealkylation sites (tertiary alicyclic amines) is 1. The van der Waals surface area contributed by atoms with Gasteiger partial charge in [-0.15, -0.1) is 0 Å². The van der Waals surface area contributed by atoms with Crippen LogP contribution in [0.4, 0.5) is 5.82 Å². The Labute approximate surface area is 163 Å². The standard InChI is InChI=1S/C21H24N6O/c1-26-13-17(11-24-26)16-8-15-9-20(23-12-19(15)22-10-16)25-21(28)14-4-6-27(7-5-14)18-2-3-18/h8-14,18H,2-7H2,1H3,(H,23,25,28). The lowest BCUT2D eigenvalue weighted by Crippen LogP contribution is -2.39. The van der Waals surface area contributed by atoms with Crippen molar-refractivity contribution in [1.82, 2.24) is 24.6 Å². The molecule has 2 aliphatic rings. The molecule has 28 heavy (non-hydrogen) atoms. The first-order valence-corrected chi connectivity index (χ1v) is 9.95. The SMILES string of the molecule is Cn1cc(-c2cnc3cnc(NC(=O)C4CCN(C5CC5)CC4)cc3c2)cn1. The monoisotopic (exact) mass is 376 g/mol. The lowest BCUT2D eigenvalue weighted by molar-refractivity contribution is -0.121. The molecule has 5 rings (SSSR count). The number of carbonyl (C=O) groups is 1. The summed E-state index contributed by atoms with van der Waals surface area (Å²) in [6, 6.07) is 4.75. The molecule has 1 N–H and O–H groups in total. The van der Waals surface area contributed by atoms with E-state index >= 15 is 0 Å². The van der Waals surface area contributed by atoms with Crippen molar-refractivity contribution in [1.29, 1.82) is 0 Å². The normalized spacial score (nSPS) is 18.5. The number of pyridine rings is 2. The van der Waals surface area contributed by atoms with E-state index in [0.717, 1.165) is 54.0 Å². The van der Waals surface area contributed by atoms with Crippen molar-refractivity contribution < 1.29 is 4.79 Å². The van der Waals surface area contributed by atoms with E-state index < -0.39 is 0 Å². The van der Waals surface area contributed by atoms with E-state index in [-0.39, 0.29) is 11.8 Å². The van der Waals surface area contributed by atoms with Crippen molar-refractivity contribution >= 4 is 22.6 Å². The van der Waals surface area contributed by atoms with Crippen LogP contribution in [-0.2, 0) is 11.8 Å². The van der Waals surface area contributed by atoms with Crippen LogP contribution >= 0.6 is 0 Å². The van der Waals surface area contributed by atoms with Crippen molar-refractivity contribution in [3.8, 4) is 11.1 Å². The zero-order valence-electron chi connectivity index (χ0n) is 16.0. The van der Waals surface area contributed by atoms with Crippen molar-refractivity contribution in [3.05, 3.63) is 36.9 Å². The van der Waals surface area contributed by atoms with Crippen LogP contribution < -0.4 is 5.32 Å². The van der Waals surface area contributed by atoms with Crippen LogP contribution in [0.3, 0.4) is 0 Å². The van der Waals surface area contributed by atoms with Gasteiger partial charge in [0.25, 0.3) is 0 Å². The molecule has 144 valence electrons. The smallest absolute Gasteiger partial charge is 0.228 e. The third-order valence-electron chi connectivity index (χ3n) is 5.82. The zero-order chi connectivity index (χ0) is 19.1. The van der Waals surface area contributed by atoms with Gasteiger partial charge < -0.3 is 10.2 Å². The molecule has 1 aliphatic carbocycles. The number of fused-ring (bicyclic) bond motifs is 1. The van der Waals surface area contributed by atoms with Crippen LogP contribution in [0, 0.1) is 5.92 Å². The Hall–Kier alpha value is -2.80. The highest BCUT2D eigenvalue weighted by Gasteiger charge is 2.33. The van der Waals surface area contributed by atoms with Gasteiger partial charge in [0.2, 0.25) is 5.91 Å².